The van der Waals surface area contributed by atoms with Gasteiger partial charge in [0, 0.05) is 4.92 Å². The number of hydrogen-bond donors (Lipinski definition) is 1. The van der Waals surface area contributed by atoms with E-state index in [4.69, 9.17) is 9.47 Å². The van der Waals surface area contributed by atoms with Crippen LogP contribution in [0.1, 0.15) is 16.7 Å². The molecule has 0 bridgehead atoms. The molecule has 1 heterocycles. The van der Waals surface area contributed by atoms with Crippen LogP contribution in [0.4, 0.5) is 0 Å². The highest BCUT2D eigenvalue weighted by Crippen LogP contribution is 2.29. The van der Waals surface area contributed by atoms with Crippen LogP contribution in [0.5, 0.6) is 11.5 Å². The summed E-state index contributed by atoms with van der Waals surface area (Å²) in [7, 11) is 1.52. The molecule has 0 aromatic heterocycles. The molecule has 0 saturated heterocycles. The molecule has 154 valence electrons. The Morgan fingerprint density at radius 3 is 2.50 bits per heavy atom. The van der Waals surface area contributed by atoms with Crippen LogP contribution >= 0.6 is 0 Å². The van der Waals surface area contributed by atoms with Gasteiger partial charge in [0.1, 0.15) is 12.4 Å². The summed E-state index contributed by atoms with van der Waals surface area (Å²) in [4.78, 5) is 36.7. The second-order valence-corrected chi connectivity index (χ2v) is 6.53. The quantitative estimate of drug-likeness (QED) is 0.426. The first kappa shape index (κ1) is 20.7. The monoisotopic (exact) mass is 409 g/mol. The number of amidine groups is 1. The summed E-state index contributed by atoms with van der Waals surface area (Å²) < 4.78 is 11.2. The van der Waals surface area contributed by atoms with Crippen LogP contribution in [-0.4, -0.2) is 35.7 Å². The maximum atomic E-state index is 11.7. The number of hydrogen-bond acceptors (Lipinski definition) is 6. The van der Waals surface area contributed by atoms with Crippen LogP contribution in [0, 0.1) is 17.0 Å². The van der Waals surface area contributed by atoms with Gasteiger partial charge in [-0.15, -0.1) is 0 Å². The standard InChI is InChI=1S/C21H19N3O6/c1-13-3-5-15(6-4-13)12-30-16-9-7-14(11-17(16)29-2)8-10-18-22-20(25)19(24(27)28)21(26)23-18/h3-11,19H,12H2,1-2H3,(H,22,23,25,26)/b10-8+. The molecule has 1 aliphatic heterocycles. The van der Waals surface area contributed by atoms with E-state index in [1.807, 2.05) is 31.2 Å². The lowest BCUT2D eigenvalue weighted by atomic mass is 10.1. The summed E-state index contributed by atoms with van der Waals surface area (Å²) in [6.45, 7) is 2.40. The second-order valence-electron chi connectivity index (χ2n) is 6.53. The Hall–Kier alpha value is -4.01. The van der Waals surface area contributed by atoms with Crippen LogP contribution < -0.4 is 14.8 Å². The first-order chi connectivity index (χ1) is 14.4. The lowest BCUT2D eigenvalue weighted by Crippen LogP contribution is -2.50. The number of methoxy groups -OCH3 is 1. The molecule has 0 aliphatic carbocycles. The number of aliphatic imine (C=N–C) groups is 1. The maximum absolute atomic E-state index is 11.7. The molecule has 0 radical (unpaired) electrons. The van der Waals surface area contributed by atoms with Crippen LogP contribution in [0.15, 0.2) is 53.5 Å². The van der Waals surface area contributed by atoms with Crippen LogP contribution in [0.25, 0.3) is 6.08 Å². The highest BCUT2D eigenvalue weighted by Gasteiger charge is 2.41. The number of benzene rings is 2. The Balaban J connectivity index is 1.71. The topological polar surface area (TPSA) is 120 Å². The van der Waals surface area contributed by atoms with E-state index >= 15 is 0 Å². The van der Waals surface area contributed by atoms with Crippen molar-refractivity contribution in [3.05, 3.63) is 75.3 Å². The minimum absolute atomic E-state index is 0.0678. The van der Waals surface area contributed by atoms with Crippen molar-refractivity contribution in [1.82, 2.24) is 5.32 Å². The molecule has 1 atom stereocenters. The average molecular weight is 409 g/mol. The predicted octanol–water partition coefficient (Wildman–Crippen LogP) is 2.30. The molecule has 1 unspecified atom stereocenters. The van der Waals surface area contributed by atoms with Gasteiger partial charge in [0.05, 0.1) is 7.11 Å². The van der Waals surface area contributed by atoms with Gasteiger partial charge in [0.15, 0.2) is 11.5 Å². The molecule has 2 aromatic carbocycles. The van der Waals surface area contributed by atoms with Gasteiger partial charge in [-0.3, -0.25) is 19.7 Å². The minimum Gasteiger partial charge on any atom is -0.493 e. The van der Waals surface area contributed by atoms with Crippen molar-refractivity contribution in [1.29, 1.82) is 0 Å². The predicted molar refractivity (Wildman–Crippen MR) is 109 cm³/mol. The van der Waals surface area contributed by atoms with Gasteiger partial charge in [-0.1, -0.05) is 42.0 Å². The molecule has 9 heteroatoms. The van der Waals surface area contributed by atoms with Gasteiger partial charge >= 0.3 is 17.9 Å². The number of ether oxygens (including phenoxy) is 2. The molecule has 2 aromatic rings. The van der Waals surface area contributed by atoms with E-state index < -0.39 is 22.8 Å². The van der Waals surface area contributed by atoms with E-state index in [9.17, 15) is 19.7 Å². The number of aryl methyl sites for hydroxylation is 1. The fourth-order valence-corrected chi connectivity index (χ4v) is 2.71. The number of nitro groups is 1. The first-order valence-corrected chi connectivity index (χ1v) is 8.98. The van der Waals surface area contributed by atoms with Crippen LogP contribution in [0.3, 0.4) is 0 Å². The summed E-state index contributed by atoms with van der Waals surface area (Å²) in [6.07, 6.45) is 2.97. The summed E-state index contributed by atoms with van der Waals surface area (Å²) in [5.41, 5.74) is 2.88. The highest BCUT2D eigenvalue weighted by atomic mass is 16.6. The van der Waals surface area contributed by atoms with Crippen molar-refractivity contribution in [2.75, 3.05) is 7.11 Å². The molecule has 1 N–H and O–H groups in total. The summed E-state index contributed by atoms with van der Waals surface area (Å²) in [6, 6.07) is 11.2. The lowest BCUT2D eigenvalue weighted by molar-refractivity contribution is -0.493. The number of nitrogens with one attached hydrogen (secondary N) is 1. The van der Waals surface area contributed by atoms with Crippen molar-refractivity contribution < 1.29 is 24.0 Å². The molecule has 9 nitrogen and oxygen atoms in total. The Morgan fingerprint density at radius 1 is 1.13 bits per heavy atom. The van der Waals surface area contributed by atoms with Gasteiger partial charge in [-0.25, -0.2) is 0 Å². The summed E-state index contributed by atoms with van der Waals surface area (Å²) in [5, 5.41) is 13.0. The van der Waals surface area contributed by atoms with Crippen LogP contribution in [0.2, 0.25) is 0 Å². The van der Waals surface area contributed by atoms with E-state index in [-0.39, 0.29) is 5.84 Å². The molecule has 3 rings (SSSR count). The van der Waals surface area contributed by atoms with Crippen molar-refractivity contribution in [3.63, 3.8) is 0 Å². The van der Waals surface area contributed by atoms with Gasteiger partial charge in [0.2, 0.25) is 0 Å². The normalized spacial score (nSPS) is 16.2. The molecule has 0 spiro atoms. The van der Waals surface area contributed by atoms with Crippen LogP contribution in [-0.2, 0) is 16.2 Å². The summed E-state index contributed by atoms with van der Waals surface area (Å²) in [5.74, 6) is -1.13. The van der Waals surface area contributed by atoms with E-state index in [1.54, 1.807) is 24.3 Å². The third kappa shape index (κ3) is 4.88. The zero-order valence-corrected chi connectivity index (χ0v) is 16.3. The fourth-order valence-electron chi connectivity index (χ4n) is 2.71. The zero-order valence-electron chi connectivity index (χ0n) is 16.3. The average Bonchev–Trinajstić information content (AvgIpc) is 2.71. The lowest BCUT2D eigenvalue weighted by Gasteiger charge is -2.13. The Labute approximate surface area is 172 Å². The fraction of sp³-hybridized carbons (Fsp3) is 0.190. The van der Waals surface area contributed by atoms with Crippen molar-refractivity contribution in [2.24, 2.45) is 4.99 Å². The van der Waals surface area contributed by atoms with Gasteiger partial charge in [0.25, 0.3) is 0 Å². The SMILES string of the molecule is COc1cc(/C=C/C2=NC(=O)C([N+](=O)[O-])C(=O)N2)ccc1OCc1ccc(C)cc1. The second kappa shape index (κ2) is 8.99. The maximum Gasteiger partial charge on any atom is 0.368 e. The van der Waals surface area contributed by atoms with E-state index in [2.05, 4.69) is 10.3 Å². The largest absolute Gasteiger partial charge is 0.493 e. The van der Waals surface area contributed by atoms with Crippen molar-refractivity contribution in [2.45, 2.75) is 19.6 Å². The van der Waals surface area contributed by atoms with Crippen molar-refractivity contribution >= 4 is 23.7 Å². The Bertz CT molecular complexity index is 1040. The number of nitrogens with zero attached hydrogens (tertiary/aromatic N) is 2. The minimum atomic E-state index is -2.01. The van der Waals surface area contributed by atoms with Gasteiger partial charge in [-0.05, 0) is 36.3 Å². The molecular formula is C21H19N3O6. The third-order valence-electron chi connectivity index (χ3n) is 4.31. The van der Waals surface area contributed by atoms with Gasteiger partial charge in [-0.2, -0.15) is 4.99 Å². The Morgan fingerprint density at radius 2 is 1.87 bits per heavy atom. The molecule has 30 heavy (non-hydrogen) atoms. The van der Waals surface area contributed by atoms with E-state index in [1.165, 1.54) is 18.7 Å². The third-order valence-corrected chi connectivity index (χ3v) is 4.31. The number of carbonyl (C=O) groups is 2. The number of rotatable bonds is 7. The van der Waals surface area contributed by atoms with E-state index in [0.717, 1.165) is 5.56 Å². The highest BCUT2D eigenvalue weighted by molar-refractivity contribution is 6.21. The first-order valence-electron chi connectivity index (χ1n) is 8.98. The molecule has 2 amide bonds. The smallest absolute Gasteiger partial charge is 0.368 e. The molecular weight excluding hydrogens is 390 g/mol. The number of carbonyl (C=O) groups excluding carboxylic acids is 2. The molecule has 0 fully saturated rings. The molecule has 1 aliphatic rings. The van der Waals surface area contributed by atoms with Gasteiger partial charge < -0.3 is 14.8 Å². The zero-order chi connectivity index (χ0) is 21.7. The summed E-state index contributed by atoms with van der Waals surface area (Å²) >= 11 is 0. The van der Waals surface area contributed by atoms with E-state index in [0.29, 0.717) is 23.7 Å². The molecule has 0 saturated carbocycles. The number of amides is 2. The Kier molecular flexibility index (Phi) is 6.21. The van der Waals surface area contributed by atoms with Crippen molar-refractivity contribution in [3.8, 4) is 11.5 Å².